The Morgan fingerprint density at radius 2 is 1.78 bits per heavy atom. The van der Waals surface area contributed by atoms with Gasteiger partial charge >= 0.3 is 0 Å². The van der Waals surface area contributed by atoms with Crippen LogP contribution in [0.4, 0.5) is 11.4 Å². The Kier molecular flexibility index (Phi) is 5.57. The van der Waals surface area contributed by atoms with Gasteiger partial charge in [0.2, 0.25) is 0 Å². The minimum absolute atomic E-state index is 0.162. The standard InChI is InChI=1S/C18H22N2O3/c1-14(2)12-19(16-8-10-17(23-3)11-9-16)13-15-6-4-5-7-18(15)20(21)22/h4-11,14H,12-13H2,1-3H3. The van der Waals surface area contributed by atoms with Gasteiger partial charge in [0.15, 0.2) is 0 Å². The number of benzene rings is 2. The average Bonchev–Trinajstić information content (AvgIpc) is 2.54. The number of methoxy groups -OCH3 is 1. The minimum Gasteiger partial charge on any atom is -0.497 e. The number of nitrogens with zero attached hydrogens (tertiary/aromatic N) is 2. The van der Waals surface area contributed by atoms with E-state index in [1.165, 1.54) is 0 Å². The van der Waals surface area contributed by atoms with Crippen LogP contribution in [0.25, 0.3) is 0 Å². The van der Waals surface area contributed by atoms with Crippen molar-refractivity contribution in [2.45, 2.75) is 20.4 Å². The Balaban J connectivity index is 2.30. The van der Waals surface area contributed by atoms with Crippen LogP contribution in [-0.4, -0.2) is 18.6 Å². The average molecular weight is 314 g/mol. The second-order valence-electron chi connectivity index (χ2n) is 5.86. The SMILES string of the molecule is COc1ccc(N(Cc2ccccc2[N+](=O)[O-])CC(C)C)cc1. The first-order valence-electron chi connectivity index (χ1n) is 7.62. The van der Waals surface area contributed by atoms with Crippen molar-refractivity contribution in [3.63, 3.8) is 0 Å². The van der Waals surface area contributed by atoms with Gasteiger partial charge in [-0.1, -0.05) is 32.0 Å². The third kappa shape index (κ3) is 4.45. The van der Waals surface area contributed by atoms with Crippen LogP contribution in [0.5, 0.6) is 5.75 Å². The molecular formula is C18H22N2O3. The van der Waals surface area contributed by atoms with Crippen LogP contribution in [-0.2, 0) is 6.54 Å². The van der Waals surface area contributed by atoms with Gasteiger partial charge in [0, 0.05) is 30.4 Å². The quantitative estimate of drug-likeness (QED) is 0.566. The summed E-state index contributed by atoms with van der Waals surface area (Å²) in [7, 11) is 1.63. The summed E-state index contributed by atoms with van der Waals surface area (Å²) in [5.41, 5.74) is 1.90. The summed E-state index contributed by atoms with van der Waals surface area (Å²) in [6.45, 7) is 5.59. The van der Waals surface area contributed by atoms with Gasteiger partial charge in [0.25, 0.3) is 5.69 Å². The highest BCUT2D eigenvalue weighted by atomic mass is 16.6. The summed E-state index contributed by atoms with van der Waals surface area (Å²) in [6.07, 6.45) is 0. The molecule has 0 unspecified atom stereocenters. The van der Waals surface area contributed by atoms with Gasteiger partial charge in [-0.3, -0.25) is 10.1 Å². The molecule has 23 heavy (non-hydrogen) atoms. The fourth-order valence-electron chi connectivity index (χ4n) is 2.52. The molecule has 0 aliphatic carbocycles. The highest BCUT2D eigenvalue weighted by Crippen LogP contribution is 2.25. The van der Waals surface area contributed by atoms with Crippen molar-refractivity contribution in [1.29, 1.82) is 0 Å². The molecule has 5 nitrogen and oxygen atoms in total. The van der Waals surface area contributed by atoms with Crippen LogP contribution in [0.1, 0.15) is 19.4 Å². The second-order valence-corrected chi connectivity index (χ2v) is 5.86. The molecular weight excluding hydrogens is 292 g/mol. The van der Waals surface area contributed by atoms with Crippen molar-refractivity contribution in [3.05, 3.63) is 64.2 Å². The lowest BCUT2D eigenvalue weighted by atomic mass is 10.1. The van der Waals surface area contributed by atoms with Gasteiger partial charge in [-0.15, -0.1) is 0 Å². The first-order chi connectivity index (χ1) is 11.0. The van der Waals surface area contributed by atoms with E-state index in [9.17, 15) is 10.1 Å². The molecule has 2 aromatic carbocycles. The highest BCUT2D eigenvalue weighted by molar-refractivity contribution is 5.51. The lowest BCUT2D eigenvalue weighted by Crippen LogP contribution is -2.27. The number of hydrogen-bond donors (Lipinski definition) is 0. The molecule has 122 valence electrons. The van der Waals surface area contributed by atoms with Crippen molar-refractivity contribution >= 4 is 11.4 Å². The number of nitro benzene ring substituents is 1. The summed E-state index contributed by atoms with van der Waals surface area (Å²) in [5, 5.41) is 11.2. The zero-order valence-corrected chi connectivity index (χ0v) is 13.7. The number of anilines is 1. The molecule has 0 saturated heterocycles. The molecule has 0 fully saturated rings. The predicted octanol–water partition coefficient (Wildman–Crippen LogP) is 4.27. The van der Waals surface area contributed by atoms with E-state index in [1.54, 1.807) is 19.2 Å². The number of nitro groups is 1. The lowest BCUT2D eigenvalue weighted by molar-refractivity contribution is -0.385. The number of para-hydroxylation sites is 1. The monoisotopic (exact) mass is 314 g/mol. The van der Waals surface area contributed by atoms with Crippen molar-refractivity contribution in [2.24, 2.45) is 5.92 Å². The van der Waals surface area contributed by atoms with Crippen molar-refractivity contribution in [1.82, 2.24) is 0 Å². The molecule has 0 saturated carbocycles. The molecule has 0 radical (unpaired) electrons. The summed E-state index contributed by atoms with van der Waals surface area (Å²) in [4.78, 5) is 13.1. The Morgan fingerprint density at radius 1 is 1.13 bits per heavy atom. The van der Waals surface area contributed by atoms with Crippen LogP contribution in [0, 0.1) is 16.0 Å². The van der Waals surface area contributed by atoms with Crippen LogP contribution in [0.2, 0.25) is 0 Å². The van der Waals surface area contributed by atoms with E-state index in [1.807, 2.05) is 36.4 Å². The molecule has 0 bridgehead atoms. The number of ether oxygens (including phenoxy) is 1. The van der Waals surface area contributed by atoms with Gasteiger partial charge < -0.3 is 9.64 Å². The van der Waals surface area contributed by atoms with E-state index in [4.69, 9.17) is 4.74 Å². The van der Waals surface area contributed by atoms with Crippen LogP contribution in [0.3, 0.4) is 0 Å². The molecule has 0 aliphatic heterocycles. The Labute approximate surface area is 136 Å². The van der Waals surface area contributed by atoms with E-state index in [-0.39, 0.29) is 10.6 Å². The Hall–Kier alpha value is -2.56. The molecule has 0 aromatic heterocycles. The van der Waals surface area contributed by atoms with Gasteiger partial charge in [0.05, 0.1) is 12.0 Å². The zero-order chi connectivity index (χ0) is 16.8. The van der Waals surface area contributed by atoms with Crippen molar-refractivity contribution in [2.75, 3.05) is 18.6 Å². The van der Waals surface area contributed by atoms with Crippen LogP contribution in [0.15, 0.2) is 48.5 Å². The minimum atomic E-state index is -0.323. The molecule has 2 aromatic rings. The van der Waals surface area contributed by atoms with E-state index >= 15 is 0 Å². The Morgan fingerprint density at radius 3 is 2.35 bits per heavy atom. The van der Waals surface area contributed by atoms with Gasteiger partial charge in [-0.2, -0.15) is 0 Å². The maximum atomic E-state index is 11.2. The molecule has 0 spiro atoms. The van der Waals surface area contributed by atoms with Gasteiger partial charge in [-0.05, 0) is 30.2 Å². The molecule has 5 heteroatoms. The topological polar surface area (TPSA) is 55.6 Å². The van der Waals surface area contributed by atoms with Crippen LogP contribution < -0.4 is 9.64 Å². The van der Waals surface area contributed by atoms with Crippen molar-refractivity contribution in [3.8, 4) is 5.75 Å². The van der Waals surface area contributed by atoms with E-state index in [0.717, 1.165) is 18.0 Å². The van der Waals surface area contributed by atoms with Crippen molar-refractivity contribution < 1.29 is 9.66 Å². The summed E-state index contributed by atoms with van der Waals surface area (Å²) in [5.74, 6) is 1.24. The largest absolute Gasteiger partial charge is 0.497 e. The maximum Gasteiger partial charge on any atom is 0.274 e. The molecule has 0 atom stereocenters. The fourth-order valence-corrected chi connectivity index (χ4v) is 2.52. The summed E-state index contributed by atoms with van der Waals surface area (Å²) < 4.78 is 5.19. The number of rotatable bonds is 7. The maximum absolute atomic E-state index is 11.2. The Bertz CT molecular complexity index is 654. The first-order valence-corrected chi connectivity index (χ1v) is 7.62. The fraction of sp³-hybridized carbons (Fsp3) is 0.333. The first kappa shape index (κ1) is 16.8. The summed E-state index contributed by atoms with van der Waals surface area (Å²) in [6, 6.07) is 14.7. The lowest BCUT2D eigenvalue weighted by Gasteiger charge is -2.27. The van der Waals surface area contributed by atoms with Gasteiger partial charge in [-0.25, -0.2) is 0 Å². The normalized spacial score (nSPS) is 10.6. The zero-order valence-electron chi connectivity index (χ0n) is 13.7. The third-order valence-corrected chi connectivity index (χ3v) is 3.57. The highest BCUT2D eigenvalue weighted by Gasteiger charge is 2.17. The summed E-state index contributed by atoms with van der Waals surface area (Å²) >= 11 is 0. The van der Waals surface area contributed by atoms with E-state index in [0.29, 0.717) is 18.0 Å². The second kappa shape index (κ2) is 7.63. The molecule has 0 N–H and O–H groups in total. The van der Waals surface area contributed by atoms with E-state index < -0.39 is 0 Å². The molecule has 0 aliphatic rings. The molecule has 0 amide bonds. The van der Waals surface area contributed by atoms with E-state index in [2.05, 4.69) is 18.7 Å². The third-order valence-electron chi connectivity index (χ3n) is 3.57. The predicted molar refractivity (Wildman–Crippen MR) is 92.0 cm³/mol. The smallest absolute Gasteiger partial charge is 0.274 e. The molecule has 2 rings (SSSR count). The number of hydrogen-bond acceptors (Lipinski definition) is 4. The van der Waals surface area contributed by atoms with Crippen LogP contribution >= 0.6 is 0 Å². The van der Waals surface area contributed by atoms with Gasteiger partial charge in [0.1, 0.15) is 5.75 Å². The molecule has 0 heterocycles.